The van der Waals surface area contributed by atoms with Crippen molar-refractivity contribution in [2.24, 2.45) is 5.92 Å². The van der Waals surface area contributed by atoms with Gasteiger partial charge in [0.05, 0.1) is 55.0 Å². The van der Waals surface area contributed by atoms with Gasteiger partial charge in [0.15, 0.2) is 0 Å². The lowest BCUT2D eigenvalue weighted by atomic mass is 9.90. The molecule has 0 saturated carbocycles. The lowest BCUT2D eigenvalue weighted by Crippen LogP contribution is -2.12. The Morgan fingerprint density at radius 2 is 2.07 bits per heavy atom. The second-order valence-electron chi connectivity index (χ2n) is 12.5. The van der Waals surface area contributed by atoms with Gasteiger partial charge in [-0.05, 0) is 62.1 Å². The first-order chi connectivity index (χ1) is 21.9. The van der Waals surface area contributed by atoms with Crippen molar-refractivity contribution in [2.75, 3.05) is 17.7 Å². The van der Waals surface area contributed by atoms with E-state index < -0.39 is 10.8 Å². The normalized spacial score (nSPS) is 22.4. The van der Waals surface area contributed by atoms with Crippen molar-refractivity contribution in [1.82, 2.24) is 30.1 Å². The van der Waals surface area contributed by atoms with Crippen LogP contribution in [0.15, 0.2) is 40.0 Å². The molecule has 0 radical (unpaired) electrons. The average Bonchev–Trinajstić information content (AvgIpc) is 3.87. The Kier molecular flexibility index (Phi) is 7.46. The van der Waals surface area contributed by atoms with Gasteiger partial charge in [-0.25, -0.2) is 9.97 Å². The fourth-order valence-corrected chi connectivity index (χ4v) is 10.1. The van der Waals surface area contributed by atoms with E-state index in [1.807, 2.05) is 12.3 Å². The molecule has 8 rings (SSSR count). The van der Waals surface area contributed by atoms with Crippen LogP contribution in [0.5, 0.6) is 0 Å². The third-order valence-corrected chi connectivity index (χ3v) is 12.0. The maximum atomic E-state index is 14.0. The Bertz CT molecular complexity index is 1930. The number of aryl methyl sites for hydroxylation is 3. The van der Waals surface area contributed by atoms with Crippen molar-refractivity contribution in [1.29, 1.82) is 0 Å². The molecule has 4 unspecified atom stereocenters. The highest BCUT2D eigenvalue weighted by atomic mass is 32.2. The molecule has 1 N–H and O–H groups in total. The van der Waals surface area contributed by atoms with Crippen molar-refractivity contribution < 1.29 is 13.4 Å². The minimum absolute atomic E-state index is 0.0991. The summed E-state index contributed by atoms with van der Waals surface area (Å²) in [5.74, 6) is 2.62. The lowest BCUT2D eigenvalue weighted by Gasteiger charge is -2.19. The molecule has 0 spiro atoms. The summed E-state index contributed by atoms with van der Waals surface area (Å²) in [5.41, 5.74) is 6.65. The number of thiophene rings is 1. The highest BCUT2D eigenvalue weighted by Gasteiger charge is 2.39. The number of rotatable bonds is 8. The van der Waals surface area contributed by atoms with E-state index in [0.29, 0.717) is 29.9 Å². The van der Waals surface area contributed by atoms with Gasteiger partial charge in [-0.2, -0.15) is 0 Å². The maximum absolute atomic E-state index is 14.0. The predicted molar refractivity (Wildman–Crippen MR) is 174 cm³/mol. The number of nitrogens with zero attached hydrogens (tertiary/aromatic N) is 6. The molecule has 7 heterocycles. The number of ether oxygens (including phenoxy) is 1. The van der Waals surface area contributed by atoms with E-state index in [4.69, 9.17) is 14.1 Å². The second-order valence-corrected chi connectivity index (χ2v) is 15.0. The number of nitrogens with one attached hydrogen (secondary N) is 1. The first-order valence-corrected chi connectivity index (χ1v) is 17.9. The maximum Gasteiger partial charge on any atom is 0.250 e. The van der Waals surface area contributed by atoms with E-state index in [-0.39, 0.29) is 18.1 Å². The number of fused-ring (bicyclic) bond motifs is 3. The zero-order valence-corrected chi connectivity index (χ0v) is 27.2. The summed E-state index contributed by atoms with van der Waals surface area (Å²) in [6, 6.07) is 6.35. The summed E-state index contributed by atoms with van der Waals surface area (Å²) in [6.07, 6.45) is 9.25. The molecule has 4 atom stereocenters. The van der Waals surface area contributed by atoms with E-state index >= 15 is 0 Å². The summed E-state index contributed by atoms with van der Waals surface area (Å²) < 4.78 is 27.1. The molecule has 0 amide bonds. The number of anilines is 1. The molecule has 10 nitrogen and oxygen atoms in total. The van der Waals surface area contributed by atoms with Crippen LogP contribution in [0.4, 0.5) is 5.82 Å². The summed E-state index contributed by atoms with van der Waals surface area (Å²) in [7, 11) is -1.24. The molecule has 232 valence electrons. The van der Waals surface area contributed by atoms with Crippen molar-refractivity contribution in [3.8, 4) is 21.9 Å². The molecule has 12 heteroatoms. The zero-order valence-electron chi connectivity index (χ0n) is 25.6. The molecule has 2 aliphatic heterocycles. The Hall–Kier alpha value is -3.61. The predicted octanol–water partition coefficient (Wildman–Crippen LogP) is 6.58. The molecule has 45 heavy (non-hydrogen) atoms. The monoisotopic (exact) mass is 641 g/mol. The van der Waals surface area contributed by atoms with Gasteiger partial charge in [-0.15, -0.1) is 21.5 Å². The SMILES string of the molecule is Cc1nnc(-c2c(CCC3CCCO3)nc3c(c2-c2cc4ncnc(NC5CCc6ncccc65)c4s2)S(=O)CC3C(C)C)o1. The van der Waals surface area contributed by atoms with Crippen molar-refractivity contribution in [2.45, 2.75) is 82.3 Å². The molecular formula is C33H35N7O3S2. The van der Waals surface area contributed by atoms with Gasteiger partial charge in [-0.1, -0.05) is 19.9 Å². The second kappa shape index (κ2) is 11.6. The minimum atomic E-state index is -1.24. The van der Waals surface area contributed by atoms with Gasteiger partial charge in [0.2, 0.25) is 11.8 Å². The van der Waals surface area contributed by atoms with Gasteiger partial charge in [0.1, 0.15) is 12.1 Å². The van der Waals surface area contributed by atoms with Crippen LogP contribution in [0.25, 0.3) is 32.1 Å². The molecule has 5 aromatic rings. The van der Waals surface area contributed by atoms with Gasteiger partial charge in [-0.3, -0.25) is 14.2 Å². The Balaban J connectivity index is 1.30. The molecule has 1 fully saturated rings. The van der Waals surface area contributed by atoms with E-state index in [1.54, 1.807) is 24.6 Å². The smallest absolute Gasteiger partial charge is 0.250 e. The van der Waals surface area contributed by atoms with Crippen molar-refractivity contribution >= 4 is 38.2 Å². The third kappa shape index (κ3) is 5.16. The molecule has 1 aliphatic carbocycles. The largest absolute Gasteiger partial charge is 0.421 e. The third-order valence-electron chi connectivity index (χ3n) is 9.27. The lowest BCUT2D eigenvalue weighted by molar-refractivity contribution is 0.104. The molecule has 0 bridgehead atoms. The number of hydrogen-bond acceptors (Lipinski definition) is 11. The molecule has 1 saturated heterocycles. The van der Waals surface area contributed by atoms with Crippen LogP contribution < -0.4 is 5.32 Å². The van der Waals surface area contributed by atoms with Crippen LogP contribution in [0.3, 0.4) is 0 Å². The van der Waals surface area contributed by atoms with Crippen LogP contribution >= 0.6 is 11.3 Å². The van der Waals surface area contributed by atoms with Gasteiger partial charge < -0.3 is 14.5 Å². The summed E-state index contributed by atoms with van der Waals surface area (Å²) >= 11 is 1.61. The molecule has 3 aliphatic rings. The average molecular weight is 642 g/mol. The highest BCUT2D eigenvalue weighted by Crippen LogP contribution is 2.50. The van der Waals surface area contributed by atoms with Crippen LogP contribution in [-0.4, -0.2) is 52.8 Å². The topological polar surface area (TPSA) is 129 Å². The van der Waals surface area contributed by atoms with Crippen LogP contribution in [0, 0.1) is 12.8 Å². The highest BCUT2D eigenvalue weighted by molar-refractivity contribution is 7.85. The molecule has 0 aromatic carbocycles. The number of pyridine rings is 2. The van der Waals surface area contributed by atoms with E-state index in [0.717, 1.165) is 92.7 Å². The van der Waals surface area contributed by atoms with Crippen LogP contribution in [0.1, 0.15) is 80.0 Å². The molecule has 5 aromatic heterocycles. The van der Waals surface area contributed by atoms with Crippen molar-refractivity contribution in [3.63, 3.8) is 0 Å². The van der Waals surface area contributed by atoms with Gasteiger partial charge in [0, 0.05) is 47.5 Å². The van der Waals surface area contributed by atoms with Crippen molar-refractivity contribution in [3.05, 3.63) is 59.3 Å². The summed E-state index contributed by atoms with van der Waals surface area (Å²) in [5, 5.41) is 12.4. The minimum Gasteiger partial charge on any atom is -0.421 e. The van der Waals surface area contributed by atoms with Crippen LogP contribution in [-0.2, 0) is 28.4 Å². The van der Waals surface area contributed by atoms with Crippen LogP contribution in [0.2, 0.25) is 0 Å². The van der Waals surface area contributed by atoms with E-state index in [9.17, 15) is 4.21 Å². The standard InChI is InChI=1S/C33H35N7O3S2/c1-17(2)21-15-45(41)31-28(27(33-40-39-18(3)43-33)24(37-29(21)31)9-8-19-6-5-13-42-19)26-14-25-30(44-26)32(36-16-35-25)38-23-11-10-22-20(23)7-4-12-34-22/h4,7,12,14,16-17,19,21,23H,5-6,8-11,13,15H2,1-3H3,(H,35,36,38). The summed E-state index contributed by atoms with van der Waals surface area (Å²) in [6.45, 7) is 6.96. The molecular weight excluding hydrogens is 607 g/mol. The Labute approximate surface area is 267 Å². The first kappa shape index (κ1) is 28.8. The van der Waals surface area contributed by atoms with Gasteiger partial charge >= 0.3 is 0 Å². The summed E-state index contributed by atoms with van der Waals surface area (Å²) in [4.78, 5) is 20.9. The van der Waals surface area contributed by atoms with Gasteiger partial charge in [0.25, 0.3) is 0 Å². The number of hydrogen-bond donors (Lipinski definition) is 1. The van der Waals surface area contributed by atoms with E-state index in [1.165, 1.54) is 5.56 Å². The first-order valence-electron chi connectivity index (χ1n) is 15.8. The fraction of sp³-hybridized carbons (Fsp3) is 0.455. The quantitative estimate of drug-likeness (QED) is 0.198. The Morgan fingerprint density at radius 1 is 1.16 bits per heavy atom. The van der Waals surface area contributed by atoms with E-state index in [2.05, 4.69) is 56.4 Å². The fourth-order valence-electron chi connectivity index (χ4n) is 6.98. The Morgan fingerprint density at radius 3 is 2.87 bits per heavy atom. The zero-order chi connectivity index (χ0) is 30.7. The number of aromatic nitrogens is 6.